The van der Waals surface area contributed by atoms with Crippen molar-refractivity contribution in [2.75, 3.05) is 18.0 Å². The monoisotopic (exact) mass is 262 g/mol. The van der Waals surface area contributed by atoms with Crippen LogP contribution in [0.25, 0.3) is 10.8 Å². The molecule has 0 spiro atoms. The first-order valence-electron chi connectivity index (χ1n) is 6.49. The fraction of sp³-hybridized carbons (Fsp3) is 0.400. The molecule has 1 aromatic carbocycles. The number of aromatic nitrogens is 1. The van der Waals surface area contributed by atoms with E-state index < -0.39 is 0 Å². The highest BCUT2D eigenvalue weighted by Crippen LogP contribution is 2.27. The van der Waals surface area contributed by atoms with Crippen LogP contribution in [-0.2, 0) is 5.88 Å². The molecule has 0 N–H and O–H groups in total. The van der Waals surface area contributed by atoms with Gasteiger partial charge in [0.25, 0.3) is 0 Å². The van der Waals surface area contributed by atoms with Crippen molar-refractivity contribution >= 4 is 28.2 Å². The molecule has 2 aromatic rings. The minimum atomic E-state index is 0.508. The van der Waals surface area contributed by atoms with Crippen LogP contribution in [0.2, 0.25) is 0 Å². The quantitative estimate of drug-likeness (QED) is 0.751. The van der Waals surface area contributed by atoms with Crippen molar-refractivity contribution in [3.63, 3.8) is 0 Å². The van der Waals surface area contributed by atoms with Gasteiger partial charge in [-0.3, -0.25) is 0 Å². The minimum Gasteiger partial charge on any atom is -0.356 e. The summed E-state index contributed by atoms with van der Waals surface area (Å²) in [5, 5.41) is 2.41. The highest BCUT2D eigenvalue weighted by atomic mass is 35.5. The van der Waals surface area contributed by atoms with Gasteiger partial charge in [0.05, 0.1) is 0 Å². The van der Waals surface area contributed by atoms with Crippen LogP contribution in [0, 0.1) is 0 Å². The normalized spacial score (nSPS) is 10.8. The number of rotatable bonds is 5. The SMILES string of the molecule is CCCN(CC)c1ncc(CCl)c2ccccc12. The molecule has 3 heteroatoms. The number of nitrogens with zero attached hydrogens (tertiary/aromatic N) is 2. The molecule has 1 aromatic heterocycles. The average Bonchev–Trinajstić information content (AvgIpc) is 2.44. The zero-order chi connectivity index (χ0) is 13.0. The summed E-state index contributed by atoms with van der Waals surface area (Å²) in [6, 6.07) is 8.37. The summed E-state index contributed by atoms with van der Waals surface area (Å²) in [7, 11) is 0. The van der Waals surface area contributed by atoms with Gasteiger partial charge in [0.15, 0.2) is 0 Å². The van der Waals surface area contributed by atoms with E-state index in [9.17, 15) is 0 Å². The third kappa shape index (κ3) is 2.44. The van der Waals surface area contributed by atoms with Gasteiger partial charge >= 0.3 is 0 Å². The number of hydrogen-bond acceptors (Lipinski definition) is 2. The highest BCUT2D eigenvalue weighted by molar-refractivity contribution is 6.18. The average molecular weight is 263 g/mol. The zero-order valence-corrected chi connectivity index (χ0v) is 11.7. The van der Waals surface area contributed by atoms with Gasteiger partial charge < -0.3 is 4.90 Å². The van der Waals surface area contributed by atoms with Crippen molar-refractivity contribution in [2.45, 2.75) is 26.1 Å². The van der Waals surface area contributed by atoms with Gasteiger partial charge in [-0.05, 0) is 24.3 Å². The van der Waals surface area contributed by atoms with E-state index in [0.29, 0.717) is 5.88 Å². The lowest BCUT2D eigenvalue weighted by Gasteiger charge is -2.23. The van der Waals surface area contributed by atoms with Crippen molar-refractivity contribution in [3.05, 3.63) is 36.0 Å². The van der Waals surface area contributed by atoms with Gasteiger partial charge in [0.2, 0.25) is 0 Å². The molecule has 2 nitrogen and oxygen atoms in total. The largest absolute Gasteiger partial charge is 0.356 e. The predicted octanol–water partition coefficient (Wildman–Crippen LogP) is 4.21. The zero-order valence-electron chi connectivity index (χ0n) is 11.0. The van der Waals surface area contributed by atoms with E-state index >= 15 is 0 Å². The van der Waals surface area contributed by atoms with Crippen LogP contribution in [0.3, 0.4) is 0 Å². The first-order valence-corrected chi connectivity index (χ1v) is 7.02. The molecule has 0 aliphatic rings. The fourth-order valence-corrected chi connectivity index (χ4v) is 2.49. The maximum atomic E-state index is 5.98. The van der Waals surface area contributed by atoms with Gasteiger partial charge in [-0.1, -0.05) is 31.2 Å². The van der Waals surface area contributed by atoms with E-state index in [-0.39, 0.29) is 0 Å². The molecule has 0 saturated carbocycles. The number of fused-ring (bicyclic) bond motifs is 1. The van der Waals surface area contributed by atoms with Gasteiger partial charge in [0.1, 0.15) is 5.82 Å². The van der Waals surface area contributed by atoms with Crippen LogP contribution in [0.5, 0.6) is 0 Å². The molecule has 1 heterocycles. The number of benzene rings is 1. The lowest BCUT2D eigenvalue weighted by Crippen LogP contribution is -2.24. The maximum Gasteiger partial charge on any atom is 0.136 e. The molecule has 0 saturated heterocycles. The maximum absolute atomic E-state index is 5.98. The van der Waals surface area contributed by atoms with Gasteiger partial charge in [0, 0.05) is 30.6 Å². The molecular weight excluding hydrogens is 244 g/mol. The van der Waals surface area contributed by atoms with E-state index in [2.05, 4.69) is 48.0 Å². The van der Waals surface area contributed by atoms with Gasteiger partial charge in [-0.15, -0.1) is 11.6 Å². The molecule has 0 radical (unpaired) electrons. The van der Waals surface area contributed by atoms with Crippen LogP contribution < -0.4 is 4.90 Å². The number of alkyl halides is 1. The third-order valence-electron chi connectivity index (χ3n) is 3.18. The predicted molar refractivity (Wildman–Crippen MR) is 79.5 cm³/mol. The van der Waals surface area contributed by atoms with Crippen molar-refractivity contribution in [2.24, 2.45) is 0 Å². The number of hydrogen-bond donors (Lipinski definition) is 0. The summed E-state index contributed by atoms with van der Waals surface area (Å²) >= 11 is 5.98. The van der Waals surface area contributed by atoms with Crippen LogP contribution in [0.1, 0.15) is 25.8 Å². The molecule has 18 heavy (non-hydrogen) atoms. The van der Waals surface area contributed by atoms with E-state index in [1.54, 1.807) is 0 Å². The van der Waals surface area contributed by atoms with Crippen molar-refractivity contribution in [1.82, 2.24) is 4.98 Å². The minimum absolute atomic E-state index is 0.508. The summed E-state index contributed by atoms with van der Waals surface area (Å²) in [6.45, 7) is 6.37. The summed E-state index contributed by atoms with van der Waals surface area (Å²) in [6.07, 6.45) is 3.03. The first-order chi connectivity index (χ1) is 8.81. The Morgan fingerprint density at radius 1 is 1.17 bits per heavy atom. The Hall–Kier alpha value is -1.28. The van der Waals surface area contributed by atoms with Crippen molar-refractivity contribution in [3.8, 4) is 0 Å². The van der Waals surface area contributed by atoms with Crippen LogP contribution >= 0.6 is 11.6 Å². The van der Waals surface area contributed by atoms with Gasteiger partial charge in [-0.2, -0.15) is 0 Å². The van der Waals surface area contributed by atoms with Crippen LogP contribution in [-0.4, -0.2) is 18.1 Å². The van der Waals surface area contributed by atoms with E-state index in [1.165, 1.54) is 10.8 Å². The summed E-state index contributed by atoms with van der Waals surface area (Å²) in [5.41, 5.74) is 1.10. The molecule has 0 atom stereocenters. The summed E-state index contributed by atoms with van der Waals surface area (Å²) < 4.78 is 0. The fourth-order valence-electron chi connectivity index (χ4n) is 2.28. The second-order valence-electron chi connectivity index (χ2n) is 4.37. The Morgan fingerprint density at radius 3 is 2.50 bits per heavy atom. The Kier molecular flexibility index (Phi) is 4.43. The molecule has 96 valence electrons. The van der Waals surface area contributed by atoms with E-state index in [4.69, 9.17) is 11.6 Å². The molecule has 0 aliphatic carbocycles. The molecule has 0 fully saturated rings. The van der Waals surface area contributed by atoms with E-state index in [0.717, 1.165) is 30.9 Å². The standard InChI is InChI=1S/C15H19ClN2/c1-3-9-18(4-2)15-14-8-6-5-7-13(14)12(10-16)11-17-15/h5-8,11H,3-4,9-10H2,1-2H3. The second kappa shape index (κ2) is 6.05. The van der Waals surface area contributed by atoms with Crippen molar-refractivity contribution < 1.29 is 0 Å². The first kappa shape index (κ1) is 13.2. The topological polar surface area (TPSA) is 16.1 Å². The number of halogens is 1. The van der Waals surface area contributed by atoms with Crippen molar-refractivity contribution in [1.29, 1.82) is 0 Å². The van der Waals surface area contributed by atoms with Crippen LogP contribution in [0.15, 0.2) is 30.5 Å². The Balaban J connectivity index is 2.58. The molecule has 2 rings (SSSR count). The summed E-state index contributed by atoms with van der Waals surface area (Å²) in [4.78, 5) is 6.93. The number of pyridine rings is 1. The second-order valence-corrected chi connectivity index (χ2v) is 4.63. The van der Waals surface area contributed by atoms with Crippen LogP contribution in [0.4, 0.5) is 5.82 Å². The van der Waals surface area contributed by atoms with Gasteiger partial charge in [-0.25, -0.2) is 4.98 Å². The molecular formula is C15H19ClN2. The Bertz CT molecular complexity index is 525. The Labute approximate surface area is 114 Å². The number of anilines is 1. The Morgan fingerprint density at radius 2 is 1.89 bits per heavy atom. The molecule has 0 unspecified atom stereocenters. The van der Waals surface area contributed by atoms with E-state index in [1.807, 2.05) is 6.20 Å². The smallest absolute Gasteiger partial charge is 0.136 e. The summed E-state index contributed by atoms with van der Waals surface area (Å²) in [5.74, 6) is 1.58. The third-order valence-corrected chi connectivity index (χ3v) is 3.46. The molecule has 0 amide bonds. The highest BCUT2D eigenvalue weighted by Gasteiger charge is 2.11. The lowest BCUT2D eigenvalue weighted by atomic mass is 10.1. The molecule has 0 bridgehead atoms. The lowest BCUT2D eigenvalue weighted by molar-refractivity contribution is 0.782. The molecule has 0 aliphatic heterocycles.